The zero-order valence-corrected chi connectivity index (χ0v) is 18.5. The quantitative estimate of drug-likeness (QED) is 0.495. The minimum atomic E-state index is -4.13. The molecular formula is C20H21N5O5S2. The summed E-state index contributed by atoms with van der Waals surface area (Å²) in [6.07, 6.45) is 4.36. The Bertz CT molecular complexity index is 1310. The summed E-state index contributed by atoms with van der Waals surface area (Å²) in [5, 5.41) is 0. The van der Waals surface area contributed by atoms with Crippen molar-refractivity contribution in [3.05, 3.63) is 72.8 Å². The summed E-state index contributed by atoms with van der Waals surface area (Å²) in [4.78, 5) is 18.3. The van der Waals surface area contributed by atoms with Crippen LogP contribution in [0.3, 0.4) is 0 Å². The van der Waals surface area contributed by atoms with Crippen LogP contribution in [0, 0.1) is 0 Å². The van der Waals surface area contributed by atoms with Crippen LogP contribution in [0.1, 0.15) is 23.3 Å². The topological polar surface area (TPSA) is 130 Å². The second kappa shape index (κ2) is 8.82. The van der Waals surface area contributed by atoms with Crippen molar-refractivity contribution in [1.82, 2.24) is 24.1 Å². The average molecular weight is 476 g/mol. The van der Waals surface area contributed by atoms with E-state index in [0.29, 0.717) is 18.8 Å². The normalized spacial score (nSPS) is 15.0. The number of nitrogens with one attached hydrogen (secondary N) is 2. The lowest BCUT2D eigenvalue weighted by molar-refractivity contribution is 0.0938. The summed E-state index contributed by atoms with van der Waals surface area (Å²) in [7, 11) is -7.77. The van der Waals surface area contributed by atoms with Gasteiger partial charge in [-0.2, -0.15) is 4.31 Å². The average Bonchev–Trinajstić information content (AvgIpc) is 3.51. The molecule has 168 valence electrons. The SMILES string of the molecule is O=C(NNS(=O)(=O)c1ccc(S(=O)(=O)N2CCCC2)cc1)c1cncn1-c1ccccc1. The first-order chi connectivity index (χ1) is 15.3. The number of hydrazine groups is 1. The molecule has 4 rings (SSSR count). The zero-order valence-electron chi connectivity index (χ0n) is 16.9. The highest BCUT2D eigenvalue weighted by Crippen LogP contribution is 2.22. The van der Waals surface area contributed by atoms with Crippen LogP contribution in [0.25, 0.3) is 5.69 Å². The highest BCUT2D eigenvalue weighted by molar-refractivity contribution is 7.89. The van der Waals surface area contributed by atoms with Gasteiger partial charge in [0, 0.05) is 18.8 Å². The number of hydrogen-bond acceptors (Lipinski definition) is 6. The van der Waals surface area contributed by atoms with E-state index in [0.717, 1.165) is 12.8 Å². The maximum atomic E-state index is 12.6. The molecule has 0 spiro atoms. The summed E-state index contributed by atoms with van der Waals surface area (Å²) < 4.78 is 53.2. The first-order valence-electron chi connectivity index (χ1n) is 9.79. The molecule has 1 amide bonds. The van der Waals surface area contributed by atoms with Gasteiger partial charge in [0.25, 0.3) is 15.9 Å². The summed E-state index contributed by atoms with van der Waals surface area (Å²) in [5.74, 6) is -0.705. The van der Waals surface area contributed by atoms with Gasteiger partial charge in [0.05, 0.1) is 22.3 Å². The molecule has 0 saturated carbocycles. The van der Waals surface area contributed by atoms with Crippen LogP contribution in [-0.2, 0) is 20.0 Å². The largest absolute Gasteiger partial charge is 0.295 e. The molecule has 10 nitrogen and oxygen atoms in total. The molecule has 1 aliphatic heterocycles. The number of carbonyl (C=O) groups excluding carboxylic acids is 1. The fourth-order valence-corrected chi connectivity index (χ4v) is 5.72. The third-order valence-corrected chi connectivity index (χ3v) is 8.22. The monoisotopic (exact) mass is 475 g/mol. The van der Waals surface area contributed by atoms with Crippen LogP contribution in [0.5, 0.6) is 0 Å². The molecule has 0 radical (unpaired) electrons. The lowest BCUT2D eigenvalue weighted by atomic mass is 10.3. The van der Waals surface area contributed by atoms with E-state index in [-0.39, 0.29) is 15.5 Å². The maximum absolute atomic E-state index is 12.6. The van der Waals surface area contributed by atoms with Gasteiger partial charge in [0.1, 0.15) is 5.69 Å². The molecule has 0 aliphatic carbocycles. The Labute approximate surface area is 186 Å². The predicted octanol–water partition coefficient (Wildman–Crippen LogP) is 1.28. The van der Waals surface area contributed by atoms with Gasteiger partial charge >= 0.3 is 0 Å². The van der Waals surface area contributed by atoms with E-state index in [9.17, 15) is 21.6 Å². The number of hydrogen-bond donors (Lipinski definition) is 2. The molecular weight excluding hydrogens is 454 g/mol. The minimum Gasteiger partial charge on any atom is -0.295 e. The Balaban J connectivity index is 1.46. The second-order valence-electron chi connectivity index (χ2n) is 7.13. The van der Waals surface area contributed by atoms with Crippen molar-refractivity contribution < 1.29 is 21.6 Å². The van der Waals surface area contributed by atoms with Gasteiger partial charge in [-0.1, -0.05) is 18.2 Å². The molecule has 2 aromatic carbocycles. The van der Waals surface area contributed by atoms with E-state index >= 15 is 0 Å². The summed E-state index contributed by atoms with van der Waals surface area (Å²) in [6, 6.07) is 13.8. The minimum absolute atomic E-state index is 0.0224. The maximum Gasteiger partial charge on any atom is 0.284 e. The van der Waals surface area contributed by atoms with Crippen LogP contribution in [0.2, 0.25) is 0 Å². The van der Waals surface area contributed by atoms with Crippen LogP contribution in [-0.4, -0.2) is 49.7 Å². The summed E-state index contributed by atoms with van der Waals surface area (Å²) in [5.41, 5.74) is 2.98. The highest BCUT2D eigenvalue weighted by Gasteiger charge is 2.27. The van der Waals surface area contributed by atoms with Crippen molar-refractivity contribution in [3.63, 3.8) is 0 Å². The molecule has 3 aromatic rings. The van der Waals surface area contributed by atoms with Gasteiger partial charge in [0.15, 0.2) is 0 Å². The smallest absolute Gasteiger partial charge is 0.284 e. The lowest BCUT2D eigenvalue weighted by Gasteiger charge is -2.15. The van der Waals surface area contributed by atoms with Gasteiger partial charge in [-0.05, 0) is 49.2 Å². The number of imidazole rings is 1. The van der Waals surface area contributed by atoms with Crippen LogP contribution in [0.4, 0.5) is 0 Å². The predicted molar refractivity (Wildman–Crippen MR) is 116 cm³/mol. The Morgan fingerprint density at radius 1 is 0.875 bits per heavy atom. The Morgan fingerprint density at radius 3 is 2.16 bits per heavy atom. The molecule has 2 heterocycles. The van der Waals surface area contributed by atoms with Crippen molar-refractivity contribution in [1.29, 1.82) is 0 Å². The molecule has 12 heteroatoms. The van der Waals surface area contributed by atoms with E-state index < -0.39 is 26.0 Å². The van der Waals surface area contributed by atoms with Crippen molar-refractivity contribution in [3.8, 4) is 5.69 Å². The fraction of sp³-hybridized carbons (Fsp3) is 0.200. The second-order valence-corrected chi connectivity index (χ2v) is 10.7. The molecule has 0 unspecified atom stereocenters. The standard InChI is InChI=1S/C20H21N5O5S2/c26-20(19-14-21-15-25(19)16-6-2-1-3-7-16)22-23-31(27,28)17-8-10-18(11-9-17)32(29,30)24-12-4-5-13-24/h1-3,6-11,14-15,23H,4-5,12-13H2,(H,22,26). The van der Waals surface area contributed by atoms with Gasteiger partial charge < -0.3 is 0 Å². The van der Waals surface area contributed by atoms with E-state index in [1.807, 2.05) is 10.9 Å². The van der Waals surface area contributed by atoms with Gasteiger partial charge in [-0.3, -0.25) is 14.8 Å². The highest BCUT2D eigenvalue weighted by atomic mass is 32.2. The zero-order chi connectivity index (χ0) is 22.8. The number of benzene rings is 2. The van der Waals surface area contributed by atoms with Crippen LogP contribution in [0.15, 0.2) is 76.9 Å². The third kappa shape index (κ3) is 4.43. The number of carbonyl (C=O) groups is 1. The van der Waals surface area contributed by atoms with Gasteiger partial charge in [0.2, 0.25) is 10.0 Å². The summed E-state index contributed by atoms with van der Waals surface area (Å²) in [6.45, 7) is 0.908. The Hall–Kier alpha value is -3.06. The molecule has 1 saturated heterocycles. The van der Waals surface area contributed by atoms with E-state index in [1.54, 1.807) is 24.3 Å². The number of nitrogens with zero attached hydrogens (tertiary/aromatic N) is 3. The van der Waals surface area contributed by atoms with Gasteiger partial charge in [-0.15, -0.1) is 4.83 Å². The fourth-order valence-electron chi connectivity index (χ4n) is 3.36. The van der Waals surface area contributed by atoms with Crippen molar-refractivity contribution >= 4 is 26.0 Å². The first kappa shape index (κ1) is 22.1. The van der Waals surface area contributed by atoms with Gasteiger partial charge in [-0.25, -0.2) is 21.8 Å². The van der Waals surface area contributed by atoms with E-state index in [4.69, 9.17) is 0 Å². The molecule has 0 atom stereocenters. The van der Waals surface area contributed by atoms with Crippen molar-refractivity contribution in [2.75, 3.05) is 13.1 Å². The Morgan fingerprint density at radius 2 is 1.50 bits per heavy atom. The first-order valence-corrected chi connectivity index (χ1v) is 12.7. The molecule has 1 aromatic heterocycles. The van der Waals surface area contributed by atoms with E-state index in [1.165, 1.54) is 45.7 Å². The number of sulfonamides is 2. The number of aromatic nitrogens is 2. The van der Waals surface area contributed by atoms with Crippen molar-refractivity contribution in [2.45, 2.75) is 22.6 Å². The lowest BCUT2D eigenvalue weighted by Crippen LogP contribution is -2.42. The third-order valence-electron chi connectivity index (χ3n) is 5.04. The molecule has 1 aliphatic rings. The number of amides is 1. The van der Waals surface area contributed by atoms with Crippen LogP contribution < -0.4 is 10.3 Å². The summed E-state index contributed by atoms with van der Waals surface area (Å²) >= 11 is 0. The Kier molecular flexibility index (Phi) is 6.11. The number of para-hydroxylation sites is 1. The molecule has 2 N–H and O–H groups in total. The number of rotatable bonds is 7. The van der Waals surface area contributed by atoms with E-state index in [2.05, 4.69) is 10.4 Å². The van der Waals surface area contributed by atoms with Crippen LogP contribution >= 0.6 is 0 Å². The molecule has 0 bridgehead atoms. The molecule has 32 heavy (non-hydrogen) atoms. The molecule has 1 fully saturated rings. The van der Waals surface area contributed by atoms with Crippen molar-refractivity contribution in [2.24, 2.45) is 0 Å².